The largest absolute Gasteiger partial charge is 0.393 e. The van der Waals surface area contributed by atoms with Gasteiger partial charge < -0.3 is 5.32 Å². The molecule has 2 rings (SSSR count). The van der Waals surface area contributed by atoms with Crippen LogP contribution in [-0.2, 0) is 0 Å². The Balaban J connectivity index is 2.07. The Morgan fingerprint density at radius 1 is 1.30 bits per heavy atom. The van der Waals surface area contributed by atoms with Gasteiger partial charge in [-0.15, -0.1) is 0 Å². The second-order valence-corrected chi connectivity index (χ2v) is 5.27. The van der Waals surface area contributed by atoms with Crippen molar-refractivity contribution < 1.29 is 18.0 Å². The summed E-state index contributed by atoms with van der Waals surface area (Å²) in [7, 11) is 0. The number of aromatic nitrogens is 1. The molecule has 1 aromatic rings. The summed E-state index contributed by atoms with van der Waals surface area (Å²) in [6.45, 7) is 0. The zero-order valence-corrected chi connectivity index (χ0v) is 11.3. The molecule has 3 nitrogen and oxygen atoms in total. The van der Waals surface area contributed by atoms with E-state index in [2.05, 4.69) is 10.3 Å². The summed E-state index contributed by atoms with van der Waals surface area (Å²) in [6.07, 6.45) is -1.39. The molecule has 0 aliphatic heterocycles. The van der Waals surface area contributed by atoms with Crippen LogP contribution in [0.3, 0.4) is 0 Å². The van der Waals surface area contributed by atoms with Gasteiger partial charge in [0.15, 0.2) is 0 Å². The van der Waals surface area contributed by atoms with Crippen molar-refractivity contribution in [2.24, 2.45) is 5.92 Å². The number of carbonyl (C=O) groups is 1. The molecular formula is C13H14ClF3N2O. The number of hydrogen-bond acceptors (Lipinski definition) is 2. The van der Waals surface area contributed by atoms with Crippen molar-refractivity contribution in [2.75, 3.05) is 0 Å². The summed E-state index contributed by atoms with van der Waals surface area (Å²) in [6, 6.07) is 2.00. The van der Waals surface area contributed by atoms with Crippen LogP contribution in [0.1, 0.15) is 36.0 Å². The summed E-state index contributed by atoms with van der Waals surface area (Å²) >= 11 is 5.60. The molecule has 1 aliphatic rings. The van der Waals surface area contributed by atoms with Crippen molar-refractivity contribution in [2.45, 2.75) is 37.9 Å². The van der Waals surface area contributed by atoms with Crippen LogP contribution in [0.2, 0.25) is 5.15 Å². The fourth-order valence-corrected chi connectivity index (χ4v) is 2.57. The second kappa shape index (κ2) is 5.99. The van der Waals surface area contributed by atoms with Gasteiger partial charge >= 0.3 is 6.18 Å². The molecule has 1 saturated carbocycles. The minimum Gasteiger partial charge on any atom is -0.349 e. The zero-order chi connectivity index (χ0) is 14.8. The summed E-state index contributed by atoms with van der Waals surface area (Å²) in [5.41, 5.74) is 0.209. The highest BCUT2D eigenvalue weighted by Gasteiger charge is 2.45. The standard InChI is InChI=1S/C13H14ClF3N2O/c14-11-6-5-8(7-18-11)12(20)19-10-4-2-1-3-9(10)13(15,16)17/h5-7,9-10H,1-4H2,(H,19,20). The molecule has 2 atom stereocenters. The Morgan fingerprint density at radius 2 is 2.00 bits per heavy atom. The number of pyridine rings is 1. The van der Waals surface area contributed by atoms with E-state index in [-0.39, 0.29) is 17.1 Å². The smallest absolute Gasteiger partial charge is 0.349 e. The monoisotopic (exact) mass is 306 g/mol. The number of halogens is 4. The van der Waals surface area contributed by atoms with Gasteiger partial charge in [0, 0.05) is 12.2 Å². The van der Waals surface area contributed by atoms with E-state index in [0.717, 1.165) is 0 Å². The second-order valence-electron chi connectivity index (χ2n) is 4.88. The number of alkyl halides is 3. The Morgan fingerprint density at radius 3 is 2.60 bits per heavy atom. The maximum atomic E-state index is 12.9. The summed E-state index contributed by atoms with van der Waals surface area (Å²) < 4.78 is 38.7. The maximum absolute atomic E-state index is 12.9. The van der Waals surface area contributed by atoms with Crippen molar-refractivity contribution in [3.8, 4) is 0 Å². The third-order valence-electron chi connectivity index (χ3n) is 3.49. The first-order chi connectivity index (χ1) is 9.38. The average molecular weight is 307 g/mol. The Hall–Kier alpha value is -1.30. The van der Waals surface area contributed by atoms with E-state index in [0.29, 0.717) is 19.3 Å². The van der Waals surface area contributed by atoms with Crippen LogP contribution in [0.25, 0.3) is 0 Å². The molecule has 0 aromatic carbocycles. The lowest BCUT2D eigenvalue weighted by Gasteiger charge is -2.33. The number of amides is 1. The fourth-order valence-electron chi connectivity index (χ4n) is 2.46. The molecule has 1 fully saturated rings. The Bertz CT molecular complexity index is 475. The SMILES string of the molecule is O=C(NC1CCCCC1C(F)(F)F)c1ccc(Cl)nc1. The molecule has 1 amide bonds. The summed E-state index contributed by atoms with van der Waals surface area (Å²) in [4.78, 5) is 15.7. The topological polar surface area (TPSA) is 42.0 Å². The number of carbonyl (C=O) groups excluding carboxylic acids is 1. The van der Waals surface area contributed by atoms with Gasteiger partial charge in [0.1, 0.15) is 5.15 Å². The number of nitrogens with zero attached hydrogens (tertiary/aromatic N) is 1. The molecule has 2 unspecified atom stereocenters. The van der Waals surface area contributed by atoms with Crippen LogP contribution in [0.5, 0.6) is 0 Å². The van der Waals surface area contributed by atoms with Crippen molar-refractivity contribution in [1.29, 1.82) is 0 Å². The van der Waals surface area contributed by atoms with Gasteiger partial charge in [-0.1, -0.05) is 24.4 Å². The highest BCUT2D eigenvalue weighted by Crippen LogP contribution is 2.37. The lowest BCUT2D eigenvalue weighted by Crippen LogP contribution is -2.47. The maximum Gasteiger partial charge on any atom is 0.393 e. The minimum absolute atomic E-state index is 0.0628. The minimum atomic E-state index is -4.28. The van der Waals surface area contributed by atoms with Gasteiger partial charge in [0.2, 0.25) is 0 Å². The molecule has 0 radical (unpaired) electrons. The molecule has 1 aliphatic carbocycles. The Kier molecular flexibility index (Phi) is 4.52. The van der Waals surface area contributed by atoms with Gasteiger partial charge in [0.25, 0.3) is 5.91 Å². The lowest BCUT2D eigenvalue weighted by molar-refractivity contribution is -0.187. The third kappa shape index (κ3) is 3.62. The average Bonchev–Trinajstić information content (AvgIpc) is 2.38. The van der Waals surface area contributed by atoms with Crippen molar-refractivity contribution in [3.63, 3.8) is 0 Å². The molecule has 110 valence electrons. The van der Waals surface area contributed by atoms with Gasteiger partial charge in [-0.05, 0) is 25.0 Å². The van der Waals surface area contributed by atoms with Gasteiger partial charge in [-0.2, -0.15) is 13.2 Å². The lowest BCUT2D eigenvalue weighted by atomic mass is 9.84. The highest BCUT2D eigenvalue weighted by atomic mass is 35.5. The molecular weight excluding hydrogens is 293 g/mol. The van der Waals surface area contributed by atoms with E-state index in [9.17, 15) is 18.0 Å². The van der Waals surface area contributed by atoms with E-state index in [1.807, 2.05) is 0 Å². The van der Waals surface area contributed by atoms with E-state index >= 15 is 0 Å². The summed E-state index contributed by atoms with van der Waals surface area (Å²) in [5, 5.41) is 2.70. The van der Waals surface area contributed by atoms with Gasteiger partial charge in [0.05, 0.1) is 11.5 Å². The first kappa shape index (κ1) is 15.1. The first-order valence-electron chi connectivity index (χ1n) is 6.37. The normalized spacial score (nSPS) is 23.4. The molecule has 20 heavy (non-hydrogen) atoms. The highest BCUT2D eigenvalue weighted by molar-refractivity contribution is 6.29. The quantitative estimate of drug-likeness (QED) is 0.849. The molecule has 7 heteroatoms. The number of rotatable bonds is 2. The van der Waals surface area contributed by atoms with Crippen molar-refractivity contribution in [1.82, 2.24) is 10.3 Å². The van der Waals surface area contributed by atoms with E-state index in [1.165, 1.54) is 18.3 Å². The molecule has 0 saturated heterocycles. The summed E-state index contributed by atoms with van der Waals surface area (Å²) in [5.74, 6) is -2.02. The zero-order valence-electron chi connectivity index (χ0n) is 10.6. The molecule has 0 bridgehead atoms. The van der Waals surface area contributed by atoms with Gasteiger partial charge in [-0.3, -0.25) is 4.79 Å². The molecule has 1 heterocycles. The van der Waals surface area contributed by atoms with Crippen LogP contribution < -0.4 is 5.32 Å². The van der Waals surface area contributed by atoms with Gasteiger partial charge in [-0.25, -0.2) is 4.98 Å². The van der Waals surface area contributed by atoms with E-state index in [4.69, 9.17) is 11.6 Å². The van der Waals surface area contributed by atoms with E-state index in [1.54, 1.807) is 0 Å². The van der Waals surface area contributed by atoms with Crippen LogP contribution in [0.15, 0.2) is 18.3 Å². The van der Waals surface area contributed by atoms with Crippen molar-refractivity contribution in [3.05, 3.63) is 29.0 Å². The third-order valence-corrected chi connectivity index (χ3v) is 3.72. The van der Waals surface area contributed by atoms with Crippen LogP contribution >= 0.6 is 11.6 Å². The fraction of sp³-hybridized carbons (Fsp3) is 0.538. The van der Waals surface area contributed by atoms with Crippen LogP contribution in [-0.4, -0.2) is 23.1 Å². The first-order valence-corrected chi connectivity index (χ1v) is 6.75. The number of hydrogen-bond donors (Lipinski definition) is 1. The van der Waals surface area contributed by atoms with Crippen molar-refractivity contribution >= 4 is 17.5 Å². The molecule has 0 spiro atoms. The van der Waals surface area contributed by atoms with Crippen LogP contribution in [0, 0.1) is 5.92 Å². The Labute approximate surface area is 119 Å². The predicted molar refractivity (Wildman–Crippen MR) is 68.5 cm³/mol. The molecule has 1 aromatic heterocycles. The molecule has 1 N–H and O–H groups in total. The van der Waals surface area contributed by atoms with E-state index < -0.39 is 24.0 Å². The van der Waals surface area contributed by atoms with Crippen LogP contribution in [0.4, 0.5) is 13.2 Å². The predicted octanol–water partition coefficient (Wildman–Crippen LogP) is 3.59. The number of nitrogens with one attached hydrogen (secondary N) is 1.